The number of hydrogen-bond acceptors (Lipinski definition) is 5. The molecule has 268 valence electrons. The van der Waals surface area contributed by atoms with Gasteiger partial charge in [0.1, 0.15) is 12.1 Å². The summed E-state index contributed by atoms with van der Waals surface area (Å²) in [6.07, 6.45) is 0.366. The molecule has 0 radical (unpaired) electrons. The van der Waals surface area contributed by atoms with Gasteiger partial charge in [-0.1, -0.05) is 133 Å². The lowest BCUT2D eigenvalue weighted by Gasteiger charge is -2.37. The first-order chi connectivity index (χ1) is 25.3. The molecule has 0 aliphatic heterocycles. The maximum absolute atomic E-state index is 13.7. The molecule has 0 spiro atoms. The first kappa shape index (κ1) is 37.5. The Morgan fingerprint density at radius 3 is 1.73 bits per heavy atom. The fourth-order valence-corrected chi connectivity index (χ4v) is 6.41. The minimum Gasteiger partial charge on any atom is -0.465 e. The summed E-state index contributed by atoms with van der Waals surface area (Å²) in [4.78, 5) is 38.9. The molecule has 9 nitrogen and oxygen atoms in total. The van der Waals surface area contributed by atoms with Crippen molar-refractivity contribution in [3.63, 3.8) is 0 Å². The second-order valence-corrected chi connectivity index (χ2v) is 12.9. The molecule has 6 N–H and O–H groups in total. The number of carbonyl (C=O) groups excluding carboxylic acids is 2. The molecule has 5 aromatic carbocycles. The van der Waals surface area contributed by atoms with E-state index in [9.17, 15) is 24.6 Å². The highest BCUT2D eigenvalue weighted by atomic mass is 16.4. The van der Waals surface area contributed by atoms with E-state index in [0.29, 0.717) is 37.1 Å². The molecule has 0 saturated heterocycles. The average Bonchev–Trinajstić information content (AvgIpc) is 3.17. The number of rotatable bonds is 17. The SMILES string of the molecule is Cc1ccc(C(NCCCC[C@H](NC(=O)[C@H](Cc2ccccc2)NC(=O)O)C(=O)Nc2ccc(CO)cc2)(c2ccccc2)c2ccccc2)cc1. The van der Waals surface area contributed by atoms with Gasteiger partial charge in [-0.3, -0.25) is 14.9 Å². The Kier molecular flexibility index (Phi) is 13.3. The Bertz CT molecular complexity index is 1830. The van der Waals surface area contributed by atoms with Crippen molar-refractivity contribution in [1.29, 1.82) is 0 Å². The molecule has 0 aromatic heterocycles. The van der Waals surface area contributed by atoms with Crippen LogP contribution in [-0.2, 0) is 28.2 Å². The lowest BCUT2D eigenvalue weighted by atomic mass is 9.76. The number of amides is 3. The summed E-state index contributed by atoms with van der Waals surface area (Å²) < 4.78 is 0. The van der Waals surface area contributed by atoms with Gasteiger partial charge in [-0.25, -0.2) is 4.79 Å². The maximum atomic E-state index is 13.7. The quantitative estimate of drug-likeness (QED) is 0.0482. The van der Waals surface area contributed by atoms with E-state index in [-0.39, 0.29) is 13.0 Å². The van der Waals surface area contributed by atoms with Gasteiger partial charge in [-0.05, 0) is 72.7 Å². The van der Waals surface area contributed by atoms with Gasteiger partial charge >= 0.3 is 6.09 Å². The number of aliphatic hydroxyl groups is 1. The third-order valence-electron chi connectivity index (χ3n) is 9.14. The molecule has 0 bridgehead atoms. The molecule has 0 aliphatic rings. The van der Waals surface area contributed by atoms with Gasteiger partial charge in [0, 0.05) is 12.1 Å². The van der Waals surface area contributed by atoms with Crippen LogP contribution >= 0.6 is 0 Å². The summed E-state index contributed by atoms with van der Waals surface area (Å²) in [6.45, 7) is 2.54. The van der Waals surface area contributed by atoms with Crippen molar-refractivity contribution in [3.05, 3.63) is 173 Å². The highest BCUT2D eigenvalue weighted by Crippen LogP contribution is 2.37. The molecule has 2 atom stereocenters. The third-order valence-corrected chi connectivity index (χ3v) is 9.14. The second kappa shape index (κ2) is 18.5. The lowest BCUT2D eigenvalue weighted by molar-refractivity contribution is -0.128. The molecule has 52 heavy (non-hydrogen) atoms. The first-order valence-corrected chi connectivity index (χ1v) is 17.6. The average molecular weight is 699 g/mol. The van der Waals surface area contributed by atoms with E-state index in [4.69, 9.17) is 0 Å². The largest absolute Gasteiger partial charge is 0.465 e. The van der Waals surface area contributed by atoms with Gasteiger partial charge < -0.3 is 26.2 Å². The van der Waals surface area contributed by atoms with Crippen molar-refractivity contribution in [2.45, 2.75) is 56.8 Å². The van der Waals surface area contributed by atoms with Crippen LogP contribution in [0.5, 0.6) is 0 Å². The number of nitrogens with one attached hydrogen (secondary N) is 4. The Morgan fingerprint density at radius 1 is 0.615 bits per heavy atom. The van der Waals surface area contributed by atoms with Crippen LogP contribution in [0.3, 0.4) is 0 Å². The van der Waals surface area contributed by atoms with Crippen molar-refractivity contribution >= 4 is 23.6 Å². The first-order valence-electron chi connectivity index (χ1n) is 17.6. The van der Waals surface area contributed by atoms with Gasteiger partial charge in [0.2, 0.25) is 11.8 Å². The van der Waals surface area contributed by atoms with Gasteiger partial charge in [0.05, 0.1) is 12.1 Å². The molecular formula is C43H46N4O5. The number of benzene rings is 5. The van der Waals surface area contributed by atoms with E-state index in [0.717, 1.165) is 22.3 Å². The molecule has 5 rings (SSSR count). The summed E-state index contributed by atoms with van der Waals surface area (Å²) in [5, 5.41) is 30.9. The number of unbranched alkanes of at least 4 members (excludes halogenated alkanes) is 1. The van der Waals surface area contributed by atoms with Gasteiger partial charge in [0.25, 0.3) is 0 Å². The smallest absolute Gasteiger partial charge is 0.405 e. The Morgan fingerprint density at radius 2 is 1.17 bits per heavy atom. The number of anilines is 1. The van der Waals surface area contributed by atoms with E-state index < -0.39 is 35.5 Å². The summed E-state index contributed by atoms with van der Waals surface area (Å²) >= 11 is 0. The van der Waals surface area contributed by atoms with Crippen LogP contribution in [0, 0.1) is 6.92 Å². The molecule has 0 heterocycles. The molecule has 0 saturated carbocycles. The van der Waals surface area contributed by atoms with Gasteiger partial charge in [-0.2, -0.15) is 0 Å². The predicted molar refractivity (Wildman–Crippen MR) is 204 cm³/mol. The number of carboxylic acid groups (broad SMARTS) is 1. The lowest BCUT2D eigenvalue weighted by Crippen LogP contribution is -2.53. The zero-order chi connectivity index (χ0) is 36.8. The highest BCUT2D eigenvalue weighted by molar-refractivity contribution is 5.98. The fourth-order valence-electron chi connectivity index (χ4n) is 6.41. The molecule has 0 unspecified atom stereocenters. The minimum absolute atomic E-state index is 0.125. The Balaban J connectivity index is 1.34. The molecule has 9 heteroatoms. The van der Waals surface area contributed by atoms with Crippen LogP contribution in [0.4, 0.5) is 10.5 Å². The van der Waals surface area contributed by atoms with Crippen molar-refractivity contribution in [2.75, 3.05) is 11.9 Å². The summed E-state index contributed by atoms with van der Waals surface area (Å²) in [5.74, 6) is -1.01. The second-order valence-electron chi connectivity index (χ2n) is 12.9. The zero-order valence-electron chi connectivity index (χ0n) is 29.3. The van der Waals surface area contributed by atoms with Crippen molar-refractivity contribution in [3.8, 4) is 0 Å². The fraction of sp³-hybridized carbons (Fsp3) is 0.233. The zero-order valence-corrected chi connectivity index (χ0v) is 29.3. The van der Waals surface area contributed by atoms with Crippen LogP contribution < -0.4 is 21.3 Å². The highest BCUT2D eigenvalue weighted by Gasteiger charge is 2.35. The van der Waals surface area contributed by atoms with Crippen molar-refractivity contribution < 1.29 is 24.6 Å². The summed E-state index contributed by atoms with van der Waals surface area (Å²) in [7, 11) is 0. The predicted octanol–water partition coefficient (Wildman–Crippen LogP) is 6.54. The Labute approximate surface area is 305 Å². The topological polar surface area (TPSA) is 140 Å². The van der Waals surface area contributed by atoms with Crippen LogP contribution in [0.1, 0.15) is 52.6 Å². The van der Waals surface area contributed by atoms with E-state index in [1.807, 2.05) is 66.7 Å². The molecule has 3 amide bonds. The molecule has 0 aliphatic carbocycles. The standard InChI is InChI=1S/C43H46N4O5/c1-31-20-24-36(25-21-31)43(34-15-7-3-8-16-34,35-17-9-4-10-18-35)44-28-12-11-19-38(40(49)45-37-26-22-33(30-48)23-27-37)46-41(50)39(47-42(51)52)29-32-13-5-2-6-14-32/h2-10,13-18,20-27,38-39,44,47-48H,11-12,19,28-30H2,1H3,(H,45,49)(H,46,50)(H,51,52)/t38-,39-/m0/s1. The van der Waals surface area contributed by atoms with Crippen LogP contribution in [-0.4, -0.2) is 46.7 Å². The number of aliphatic hydroxyl groups excluding tert-OH is 1. The van der Waals surface area contributed by atoms with E-state index in [1.165, 1.54) is 5.56 Å². The summed E-state index contributed by atoms with van der Waals surface area (Å²) in [5.41, 5.74) is 5.81. The van der Waals surface area contributed by atoms with Crippen LogP contribution in [0.2, 0.25) is 0 Å². The molecular weight excluding hydrogens is 652 g/mol. The van der Waals surface area contributed by atoms with Crippen molar-refractivity contribution in [2.24, 2.45) is 0 Å². The third kappa shape index (κ3) is 9.93. The number of aryl methyl sites for hydroxylation is 1. The van der Waals surface area contributed by atoms with E-state index >= 15 is 0 Å². The van der Waals surface area contributed by atoms with Gasteiger partial charge in [-0.15, -0.1) is 0 Å². The number of carbonyl (C=O) groups is 3. The Hall–Kier alpha value is -5.77. The number of hydrogen-bond donors (Lipinski definition) is 6. The van der Waals surface area contributed by atoms with Crippen LogP contribution in [0.25, 0.3) is 0 Å². The maximum Gasteiger partial charge on any atom is 0.405 e. The van der Waals surface area contributed by atoms with Crippen molar-refractivity contribution in [1.82, 2.24) is 16.0 Å². The van der Waals surface area contributed by atoms with Crippen LogP contribution in [0.15, 0.2) is 140 Å². The normalized spacial score (nSPS) is 12.3. The monoisotopic (exact) mass is 698 g/mol. The van der Waals surface area contributed by atoms with E-state index in [1.54, 1.807) is 24.3 Å². The van der Waals surface area contributed by atoms with Gasteiger partial charge in [0.15, 0.2) is 0 Å². The van der Waals surface area contributed by atoms with E-state index in [2.05, 4.69) is 76.7 Å². The summed E-state index contributed by atoms with van der Waals surface area (Å²) in [6, 6.07) is 43.1. The molecule has 5 aromatic rings. The minimum atomic E-state index is -1.33. The molecule has 0 fully saturated rings.